The van der Waals surface area contributed by atoms with Crippen LogP contribution in [0.25, 0.3) is 0 Å². The molecule has 1 amide bonds. The fraction of sp³-hybridized carbons (Fsp3) is 0.353. The van der Waals surface area contributed by atoms with Crippen LogP contribution in [0.15, 0.2) is 24.3 Å². The summed E-state index contributed by atoms with van der Waals surface area (Å²) in [4.78, 5) is 29.3. The van der Waals surface area contributed by atoms with Gasteiger partial charge in [0.25, 0.3) is 5.91 Å². The van der Waals surface area contributed by atoms with Gasteiger partial charge in [-0.25, -0.2) is 4.98 Å². The third-order valence-electron chi connectivity index (χ3n) is 3.96. The van der Waals surface area contributed by atoms with Crippen molar-refractivity contribution in [3.8, 4) is 0 Å². The SMILES string of the molecule is CC(=O)c1ccc(C(=O)Nc2nc3c(s2)C[C@H](C)CC3)cc1. The molecule has 0 aliphatic heterocycles. The van der Waals surface area contributed by atoms with Gasteiger partial charge in [0.2, 0.25) is 0 Å². The van der Waals surface area contributed by atoms with Crippen molar-refractivity contribution in [2.75, 3.05) is 5.32 Å². The molecule has 0 bridgehead atoms. The smallest absolute Gasteiger partial charge is 0.257 e. The number of fused-ring (bicyclic) bond motifs is 1. The van der Waals surface area contributed by atoms with Crippen molar-refractivity contribution >= 4 is 28.2 Å². The van der Waals surface area contributed by atoms with Crippen molar-refractivity contribution in [3.05, 3.63) is 46.0 Å². The van der Waals surface area contributed by atoms with E-state index in [9.17, 15) is 9.59 Å². The molecule has 4 nitrogen and oxygen atoms in total. The second-order valence-corrected chi connectivity index (χ2v) is 6.91. The molecule has 0 saturated heterocycles. The maximum atomic E-state index is 12.2. The molecule has 1 aliphatic rings. The van der Waals surface area contributed by atoms with E-state index in [4.69, 9.17) is 0 Å². The number of anilines is 1. The second kappa shape index (κ2) is 6.01. The standard InChI is InChI=1S/C17H18N2O2S/c1-10-3-8-14-15(9-10)22-17(18-14)19-16(21)13-6-4-12(5-7-13)11(2)20/h4-7,10H,3,8-9H2,1-2H3,(H,18,19,21)/t10-/m1/s1. The van der Waals surface area contributed by atoms with Crippen LogP contribution in [-0.4, -0.2) is 16.7 Å². The number of Topliss-reactive ketones (excluding diaryl/α,β-unsaturated/α-hetero) is 1. The molecule has 5 heteroatoms. The van der Waals surface area contributed by atoms with E-state index in [1.54, 1.807) is 35.6 Å². The van der Waals surface area contributed by atoms with E-state index >= 15 is 0 Å². The third-order valence-corrected chi connectivity index (χ3v) is 5.00. The highest BCUT2D eigenvalue weighted by atomic mass is 32.1. The number of carbonyl (C=O) groups is 2. The number of benzene rings is 1. The third kappa shape index (κ3) is 3.09. The normalized spacial score (nSPS) is 16.9. The molecule has 1 aromatic carbocycles. The number of aryl methyl sites for hydroxylation is 1. The minimum atomic E-state index is -0.186. The monoisotopic (exact) mass is 314 g/mol. The second-order valence-electron chi connectivity index (χ2n) is 5.82. The number of hydrogen-bond donors (Lipinski definition) is 1. The molecule has 0 saturated carbocycles. The van der Waals surface area contributed by atoms with Crippen LogP contribution < -0.4 is 5.32 Å². The molecule has 2 aromatic rings. The number of thiazole rings is 1. The van der Waals surface area contributed by atoms with Gasteiger partial charge in [0.15, 0.2) is 10.9 Å². The van der Waals surface area contributed by atoms with Gasteiger partial charge in [-0.1, -0.05) is 19.1 Å². The van der Waals surface area contributed by atoms with Gasteiger partial charge >= 0.3 is 0 Å². The largest absolute Gasteiger partial charge is 0.298 e. The number of rotatable bonds is 3. The van der Waals surface area contributed by atoms with Crippen LogP contribution >= 0.6 is 11.3 Å². The number of amides is 1. The summed E-state index contributed by atoms with van der Waals surface area (Å²) in [7, 11) is 0. The Morgan fingerprint density at radius 1 is 1.23 bits per heavy atom. The molecule has 1 atom stereocenters. The van der Waals surface area contributed by atoms with E-state index < -0.39 is 0 Å². The van der Waals surface area contributed by atoms with Crippen LogP contribution in [0.1, 0.15) is 51.6 Å². The number of nitrogens with zero attached hydrogens (tertiary/aromatic N) is 1. The minimum absolute atomic E-state index is 0.00585. The van der Waals surface area contributed by atoms with Gasteiger partial charge in [0, 0.05) is 16.0 Å². The molecule has 0 fully saturated rings. The molecule has 1 heterocycles. The summed E-state index contributed by atoms with van der Waals surface area (Å²) in [5, 5.41) is 3.53. The molecule has 0 radical (unpaired) electrons. The lowest BCUT2D eigenvalue weighted by atomic mass is 9.93. The van der Waals surface area contributed by atoms with E-state index in [0.717, 1.165) is 25.0 Å². The Balaban J connectivity index is 1.73. The zero-order valence-corrected chi connectivity index (χ0v) is 13.5. The topological polar surface area (TPSA) is 59.1 Å². The quantitative estimate of drug-likeness (QED) is 0.878. The van der Waals surface area contributed by atoms with Crippen molar-refractivity contribution in [1.82, 2.24) is 4.98 Å². The van der Waals surface area contributed by atoms with Gasteiger partial charge in [-0.15, -0.1) is 11.3 Å². The Kier molecular flexibility index (Phi) is 4.07. The zero-order valence-electron chi connectivity index (χ0n) is 12.7. The Morgan fingerprint density at radius 3 is 2.59 bits per heavy atom. The van der Waals surface area contributed by atoms with E-state index in [1.165, 1.54) is 11.8 Å². The highest BCUT2D eigenvalue weighted by molar-refractivity contribution is 7.15. The summed E-state index contributed by atoms with van der Waals surface area (Å²) in [6.07, 6.45) is 3.21. The molecule has 0 spiro atoms. The van der Waals surface area contributed by atoms with Crippen LogP contribution in [0.3, 0.4) is 0 Å². The fourth-order valence-corrected chi connectivity index (χ4v) is 3.79. The van der Waals surface area contributed by atoms with Crippen LogP contribution in [0.4, 0.5) is 5.13 Å². The maximum Gasteiger partial charge on any atom is 0.257 e. The lowest BCUT2D eigenvalue weighted by Gasteiger charge is -2.15. The van der Waals surface area contributed by atoms with Gasteiger partial charge in [0.1, 0.15) is 0 Å². The zero-order chi connectivity index (χ0) is 15.7. The predicted molar refractivity (Wildman–Crippen MR) is 87.7 cm³/mol. The molecular formula is C17H18N2O2S. The molecule has 1 aliphatic carbocycles. The van der Waals surface area contributed by atoms with Crippen LogP contribution in [0.2, 0.25) is 0 Å². The molecule has 3 rings (SSSR count). The van der Waals surface area contributed by atoms with Crippen LogP contribution in [0, 0.1) is 5.92 Å². The van der Waals surface area contributed by atoms with E-state index in [-0.39, 0.29) is 11.7 Å². The summed E-state index contributed by atoms with van der Waals surface area (Å²) in [6, 6.07) is 6.68. The van der Waals surface area contributed by atoms with Crippen molar-refractivity contribution in [2.24, 2.45) is 5.92 Å². The lowest BCUT2D eigenvalue weighted by Crippen LogP contribution is -2.12. The van der Waals surface area contributed by atoms with Crippen molar-refractivity contribution in [3.63, 3.8) is 0 Å². The highest BCUT2D eigenvalue weighted by Gasteiger charge is 2.20. The molecular weight excluding hydrogens is 296 g/mol. The first kappa shape index (κ1) is 14.9. The number of aromatic nitrogens is 1. The van der Waals surface area contributed by atoms with Gasteiger partial charge in [0.05, 0.1) is 5.69 Å². The van der Waals surface area contributed by atoms with Crippen LogP contribution in [0.5, 0.6) is 0 Å². The Hall–Kier alpha value is -2.01. The molecule has 1 N–H and O–H groups in total. The van der Waals surface area contributed by atoms with Crippen molar-refractivity contribution in [2.45, 2.75) is 33.1 Å². The Labute approximate surface area is 133 Å². The van der Waals surface area contributed by atoms with Gasteiger partial charge in [-0.05, 0) is 44.2 Å². The summed E-state index contributed by atoms with van der Waals surface area (Å²) < 4.78 is 0. The fourth-order valence-electron chi connectivity index (χ4n) is 2.62. The van der Waals surface area contributed by atoms with Crippen molar-refractivity contribution in [1.29, 1.82) is 0 Å². The van der Waals surface area contributed by atoms with Crippen LogP contribution in [-0.2, 0) is 12.8 Å². The minimum Gasteiger partial charge on any atom is -0.298 e. The van der Waals surface area contributed by atoms with Crippen molar-refractivity contribution < 1.29 is 9.59 Å². The first-order chi connectivity index (χ1) is 10.5. The summed E-state index contributed by atoms with van der Waals surface area (Å²) in [5.41, 5.74) is 2.27. The van der Waals surface area contributed by atoms with E-state index in [1.807, 2.05) is 0 Å². The van der Waals surface area contributed by atoms with Gasteiger partial charge in [-0.3, -0.25) is 14.9 Å². The number of nitrogens with one attached hydrogen (secondary N) is 1. The van der Waals surface area contributed by atoms with E-state index in [2.05, 4.69) is 17.2 Å². The Morgan fingerprint density at radius 2 is 1.91 bits per heavy atom. The highest BCUT2D eigenvalue weighted by Crippen LogP contribution is 2.32. The molecule has 22 heavy (non-hydrogen) atoms. The summed E-state index contributed by atoms with van der Waals surface area (Å²) in [5.74, 6) is 0.499. The lowest BCUT2D eigenvalue weighted by molar-refractivity contribution is 0.100. The number of carbonyl (C=O) groups excluding carboxylic acids is 2. The molecule has 1 aromatic heterocycles. The first-order valence-electron chi connectivity index (χ1n) is 7.44. The summed E-state index contributed by atoms with van der Waals surface area (Å²) in [6.45, 7) is 3.76. The number of hydrogen-bond acceptors (Lipinski definition) is 4. The van der Waals surface area contributed by atoms with Gasteiger partial charge in [-0.2, -0.15) is 0 Å². The molecule has 0 unspecified atom stereocenters. The summed E-state index contributed by atoms with van der Waals surface area (Å²) >= 11 is 1.57. The number of ketones is 1. The van der Waals surface area contributed by atoms with E-state index in [0.29, 0.717) is 22.2 Å². The Bertz CT molecular complexity index is 719. The average molecular weight is 314 g/mol. The average Bonchev–Trinajstić information content (AvgIpc) is 2.88. The predicted octanol–water partition coefficient (Wildman–Crippen LogP) is 3.72. The maximum absolute atomic E-state index is 12.2. The van der Waals surface area contributed by atoms with Gasteiger partial charge < -0.3 is 0 Å². The molecule has 114 valence electrons. The first-order valence-corrected chi connectivity index (χ1v) is 8.25.